The summed E-state index contributed by atoms with van der Waals surface area (Å²) < 4.78 is 4.31. The molecule has 0 saturated carbocycles. The van der Waals surface area contributed by atoms with Crippen molar-refractivity contribution in [3.63, 3.8) is 0 Å². The lowest BCUT2D eigenvalue weighted by atomic mass is 10.0. The summed E-state index contributed by atoms with van der Waals surface area (Å²) in [7, 11) is 0. The van der Waals surface area contributed by atoms with Gasteiger partial charge in [0.1, 0.15) is 0 Å². The Morgan fingerprint density at radius 3 is 1.47 bits per heavy atom. The Morgan fingerprint density at radius 2 is 1.11 bits per heavy atom. The number of carbonyl (C=O) groups is 1. The third-order valence-corrected chi connectivity index (χ3v) is 3.79. The van der Waals surface area contributed by atoms with Crippen LogP contribution in [0.25, 0.3) is 0 Å². The van der Waals surface area contributed by atoms with Gasteiger partial charge in [-0.15, -0.1) is 0 Å². The molecule has 0 spiro atoms. The zero-order valence-electron chi connectivity index (χ0n) is 12.7. The van der Waals surface area contributed by atoms with Crippen LogP contribution in [0.1, 0.15) is 96.8 Å². The van der Waals surface area contributed by atoms with E-state index in [0.29, 0.717) is 6.42 Å². The minimum Gasteiger partial charge on any atom is -0.395 e. The third-order valence-electron chi connectivity index (χ3n) is 3.59. The summed E-state index contributed by atoms with van der Waals surface area (Å²) in [5.41, 5.74) is 0. The molecule has 0 heterocycles. The van der Waals surface area contributed by atoms with Gasteiger partial charge in [0.05, 0.1) is 0 Å². The second kappa shape index (κ2) is 15.9. The van der Waals surface area contributed by atoms with E-state index in [1.807, 2.05) is 0 Å². The fourth-order valence-electron chi connectivity index (χ4n) is 2.33. The maximum absolute atomic E-state index is 10.8. The van der Waals surface area contributed by atoms with Gasteiger partial charge in [0.25, 0.3) is 0 Å². The van der Waals surface area contributed by atoms with Gasteiger partial charge in [-0.05, 0) is 6.42 Å². The van der Waals surface area contributed by atoms with Crippen LogP contribution < -0.4 is 0 Å². The first-order valence-electron chi connectivity index (χ1n) is 8.15. The number of unbranched alkanes of at least 4 members (excludes halogenated alkanes) is 12. The summed E-state index contributed by atoms with van der Waals surface area (Å²) in [5, 5.41) is 0. The number of thiol groups is 1. The van der Waals surface area contributed by atoms with Crippen LogP contribution in [0.2, 0.25) is 0 Å². The van der Waals surface area contributed by atoms with E-state index in [9.17, 15) is 4.79 Å². The average Bonchev–Trinajstić information content (AvgIpc) is 2.43. The molecule has 0 bridgehead atoms. The van der Waals surface area contributed by atoms with Crippen LogP contribution in [0.4, 0.5) is 0 Å². The molecular weight excluding hydrogens is 256 g/mol. The van der Waals surface area contributed by atoms with Gasteiger partial charge in [0, 0.05) is 19.3 Å². The molecule has 0 N–H and O–H groups in total. The molecule has 0 saturated heterocycles. The minimum absolute atomic E-state index is 0.202. The molecule has 0 aromatic carbocycles. The molecule has 2 nitrogen and oxygen atoms in total. The maximum atomic E-state index is 10.8. The number of hydrogen-bond acceptors (Lipinski definition) is 3. The van der Waals surface area contributed by atoms with E-state index < -0.39 is 0 Å². The van der Waals surface area contributed by atoms with Crippen molar-refractivity contribution in [1.82, 2.24) is 0 Å². The Hall–Kier alpha value is -0.180. The summed E-state index contributed by atoms with van der Waals surface area (Å²) >= 11 is 3.48. The molecule has 0 aliphatic heterocycles. The van der Waals surface area contributed by atoms with Crippen molar-refractivity contribution in [3.05, 3.63) is 0 Å². The lowest BCUT2D eigenvalue weighted by Crippen LogP contribution is -1.95. The molecule has 0 atom stereocenters. The molecule has 0 aromatic heterocycles. The summed E-state index contributed by atoms with van der Waals surface area (Å²) in [4.78, 5) is 10.8. The highest BCUT2D eigenvalue weighted by Gasteiger charge is 1.99. The van der Waals surface area contributed by atoms with Crippen molar-refractivity contribution >= 4 is 18.9 Å². The molecule has 0 amide bonds. The smallest absolute Gasteiger partial charge is 0.317 e. The van der Waals surface area contributed by atoms with Crippen molar-refractivity contribution in [2.75, 3.05) is 0 Å². The van der Waals surface area contributed by atoms with E-state index in [1.165, 1.54) is 70.6 Å². The van der Waals surface area contributed by atoms with Gasteiger partial charge in [-0.1, -0.05) is 84.0 Å². The van der Waals surface area contributed by atoms with Crippen LogP contribution >= 0.6 is 12.9 Å². The first-order chi connectivity index (χ1) is 9.31. The third kappa shape index (κ3) is 15.8. The first kappa shape index (κ1) is 18.8. The Kier molecular flexibility index (Phi) is 15.7. The molecular formula is C16H32O2S. The molecule has 0 aliphatic carbocycles. The van der Waals surface area contributed by atoms with Crippen LogP contribution in [0.3, 0.4) is 0 Å². The van der Waals surface area contributed by atoms with E-state index in [0.717, 1.165) is 12.8 Å². The van der Waals surface area contributed by atoms with Crippen LogP contribution in [-0.4, -0.2) is 5.97 Å². The maximum Gasteiger partial charge on any atom is 0.317 e. The monoisotopic (exact) mass is 288 g/mol. The van der Waals surface area contributed by atoms with Crippen LogP contribution in [-0.2, 0) is 8.98 Å². The van der Waals surface area contributed by atoms with E-state index in [2.05, 4.69) is 24.0 Å². The predicted octanol–water partition coefficient (Wildman–Crippen LogP) is 5.86. The topological polar surface area (TPSA) is 26.3 Å². The number of carbonyl (C=O) groups excluding carboxylic acids is 1. The lowest BCUT2D eigenvalue weighted by Gasteiger charge is -2.02. The van der Waals surface area contributed by atoms with Crippen molar-refractivity contribution in [1.29, 1.82) is 0 Å². The van der Waals surface area contributed by atoms with E-state index in [-0.39, 0.29) is 5.97 Å². The molecule has 0 aliphatic rings. The zero-order chi connectivity index (χ0) is 14.2. The summed E-state index contributed by atoms with van der Waals surface area (Å²) in [6.07, 6.45) is 17.7. The molecule has 0 unspecified atom stereocenters. The van der Waals surface area contributed by atoms with Gasteiger partial charge in [-0.2, -0.15) is 0 Å². The quantitative estimate of drug-likeness (QED) is 0.246. The molecule has 114 valence electrons. The Morgan fingerprint density at radius 1 is 0.737 bits per heavy atom. The fraction of sp³-hybridized carbons (Fsp3) is 0.938. The summed E-state index contributed by atoms with van der Waals surface area (Å²) in [5.74, 6) is -0.202. The summed E-state index contributed by atoms with van der Waals surface area (Å²) in [6.45, 7) is 2.27. The SMILES string of the molecule is CCCCCCCCCCCCCCCC(=O)OS. The number of rotatable bonds is 14. The van der Waals surface area contributed by atoms with Crippen LogP contribution in [0, 0.1) is 0 Å². The molecule has 0 aromatic rings. The van der Waals surface area contributed by atoms with Gasteiger partial charge in [-0.25, -0.2) is 0 Å². The molecule has 0 fully saturated rings. The van der Waals surface area contributed by atoms with Crippen LogP contribution in [0.5, 0.6) is 0 Å². The largest absolute Gasteiger partial charge is 0.395 e. The number of hydrogen-bond donors (Lipinski definition) is 1. The first-order valence-corrected chi connectivity index (χ1v) is 8.52. The van der Waals surface area contributed by atoms with Gasteiger partial charge in [0.15, 0.2) is 0 Å². The highest BCUT2D eigenvalue weighted by molar-refractivity contribution is 7.75. The van der Waals surface area contributed by atoms with Gasteiger partial charge in [-0.3, -0.25) is 4.79 Å². The summed E-state index contributed by atoms with van der Waals surface area (Å²) in [6, 6.07) is 0. The van der Waals surface area contributed by atoms with E-state index in [4.69, 9.17) is 0 Å². The highest BCUT2D eigenvalue weighted by atomic mass is 32.1. The predicted molar refractivity (Wildman–Crippen MR) is 85.4 cm³/mol. The second-order valence-electron chi connectivity index (χ2n) is 5.46. The Balaban J connectivity index is 2.97. The van der Waals surface area contributed by atoms with Crippen molar-refractivity contribution in [3.8, 4) is 0 Å². The van der Waals surface area contributed by atoms with Crippen LogP contribution in [0.15, 0.2) is 0 Å². The zero-order valence-corrected chi connectivity index (χ0v) is 13.6. The van der Waals surface area contributed by atoms with Gasteiger partial charge in [0.2, 0.25) is 0 Å². The normalized spacial score (nSPS) is 10.6. The molecule has 0 rings (SSSR count). The van der Waals surface area contributed by atoms with Crippen molar-refractivity contribution in [2.24, 2.45) is 0 Å². The highest BCUT2D eigenvalue weighted by Crippen LogP contribution is 2.13. The van der Waals surface area contributed by atoms with Gasteiger partial charge >= 0.3 is 5.97 Å². The average molecular weight is 288 g/mol. The molecule has 19 heavy (non-hydrogen) atoms. The van der Waals surface area contributed by atoms with Gasteiger partial charge < -0.3 is 4.18 Å². The van der Waals surface area contributed by atoms with Crippen molar-refractivity contribution in [2.45, 2.75) is 96.8 Å². The van der Waals surface area contributed by atoms with Crippen molar-refractivity contribution < 1.29 is 8.98 Å². The Labute approximate surface area is 125 Å². The second-order valence-corrected chi connectivity index (χ2v) is 5.64. The fourth-order valence-corrected chi connectivity index (χ4v) is 2.42. The minimum atomic E-state index is -0.202. The Bertz CT molecular complexity index is 195. The molecule has 0 radical (unpaired) electrons. The lowest BCUT2D eigenvalue weighted by molar-refractivity contribution is -0.132. The van der Waals surface area contributed by atoms with E-state index in [1.54, 1.807) is 0 Å². The standard InChI is InChI=1S/C16H32O2S/c1-2-3-4-5-6-7-8-9-10-11-12-13-14-15-16(17)18-19/h19H,2-15H2,1H3. The molecule has 3 heteroatoms. The van der Waals surface area contributed by atoms with E-state index >= 15 is 0 Å².